The van der Waals surface area contributed by atoms with E-state index in [0.29, 0.717) is 11.0 Å². The summed E-state index contributed by atoms with van der Waals surface area (Å²) in [5, 5.41) is 0.819. The molecule has 0 spiro atoms. The summed E-state index contributed by atoms with van der Waals surface area (Å²) in [6, 6.07) is 11.6. The van der Waals surface area contributed by atoms with Crippen molar-refractivity contribution in [1.82, 2.24) is 8.96 Å². The molecule has 0 atom stereocenters. The highest BCUT2D eigenvalue weighted by atomic mass is 127. The lowest BCUT2D eigenvalue weighted by Gasteiger charge is -2.08. The van der Waals surface area contributed by atoms with Gasteiger partial charge in [-0.15, -0.1) is 0 Å². The summed E-state index contributed by atoms with van der Waals surface area (Å²) in [6.07, 6.45) is 1.61. The molecule has 0 N–H and O–H groups in total. The Bertz CT molecular complexity index is 891. The molecule has 0 aliphatic rings. The molecular weight excluding hydrogens is 411 g/mol. The van der Waals surface area contributed by atoms with Crippen molar-refractivity contribution in [1.29, 1.82) is 0 Å². The van der Waals surface area contributed by atoms with Crippen molar-refractivity contribution in [3.8, 4) is 0 Å². The van der Waals surface area contributed by atoms with Crippen molar-refractivity contribution in [2.75, 3.05) is 0 Å². The summed E-state index contributed by atoms with van der Waals surface area (Å²) in [5.41, 5.74) is 0.333. The van der Waals surface area contributed by atoms with Gasteiger partial charge in [0.2, 0.25) is 0 Å². The Kier molecular flexibility index (Phi) is 3.47. The third-order valence-electron chi connectivity index (χ3n) is 2.80. The van der Waals surface area contributed by atoms with E-state index in [1.165, 1.54) is 12.1 Å². The van der Waals surface area contributed by atoms with Gasteiger partial charge in [-0.1, -0.05) is 29.8 Å². The van der Waals surface area contributed by atoms with E-state index >= 15 is 0 Å². The second-order valence-electron chi connectivity index (χ2n) is 4.12. The van der Waals surface area contributed by atoms with Crippen molar-refractivity contribution < 1.29 is 8.42 Å². The Hall–Kier alpha value is -1.12. The third-order valence-corrected chi connectivity index (χ3v) is 5.49. The molecular formula is C13H8ClIN2O2S. The molecule has 0 saturated heterocycles. The predicted octanol–water partition coefficient (Wildman–Crippen LogP) is 3.53. The van der Waals surface area contributed by atoms with Gasteiger partial charge >= 0.3 is 0 Å². The molecule has 0 aliphatic heterocycles. The Morgan fingerprint density at radius 2 is 1.85 bits per heavy atom. The minimum absolute atomic E-state index is 0.123. The zero-order valence-corrected chi connectivity index (χ0v) is 13.7. The van der Waals surface area contributed by atoms with Gasteiger partial charge in [-0.05, 0) is 46.9 Å². The maximum atomic E-state index is 12.7. The fourth-order valence-electron chi connectivity index (χ4n) is 1.94. The van der Waals surface area contributed by atoms with Gasteiger partial charge < -0.3 is 0 Å². The van der Waals surface area contributed by atoms with Crippen LogP contribution in [0.1, 0.15) is 0 Å². The van der Waals surface area contributed by atoms with Crippen LogP contribution in [0.3, 0.4) is 0 Å². The van der Waals surface area contributed by atoms with Crippen LogP contribution in [0.2, 0.25) is 5.15 Å². The van der Waals surface area contributed by atoms with Crippen molar-refractivity contribution in [2.45, 2.75) is 4.90 Å². The number of nitrogens with zero attached hydrogens (tertiary/aromatic N) is 2. The van der Waals surface area contributed by atoms with E-state index in [-0.39, 0.29) is 10.0 Å². The lowest BCUT2D eigenvalue weighted by atomic mass is 10.3. The molecule has 102 valence electrons. The highest BCUT2D eigenvalue weighted by molar-refractivity contribution is 14.1. The van der Waals surface area contributed by atoms with Crippen LogP contribution >= 0.6 is 34.2 Å². The first kappa shape index (κ1) is 13.8. The van der Waals surface area contributed by atoms with Crippen LogP contribution in [0, 0.1) is 3.57 Å². The van der Waals surface area contributed by atoms with Crippen LogP contribution in [0.5, 0.6) is 0 Å². The minimum atomic E-state index is -3.75. The van der Waals surface area contributed by atoms with Crippen LogP contribution in [0.25, 0.3) is 11.0 Å². The van der Waals surface area contributed by atoms with Crippen LogP contribution in [-0.4, -0.2) is 17.4 Å². The van der Waals surface area contributed by atoms with Gasteiger partial charge in [0, 0.05) is 15.2 Å². The topological polar surface area (TPSA) is 52.0 Å². The SMILES string of the molecule is O=S(=O)(c1ccccc1)n1c(Cl)cc2cc(I)cnc21. The van der Waals surface area contributed by atoms with Crippen molar-refractivity contribution in [2.24, 2.45) is 0 Å². The Morgan fingerprint density at radius 3 is 2.55 bits per heavy atom. The Balaban J connectivity index is 2.32. The summed E-state index contributed by atoms with van der Waals surface area (Å²) >= 11 is 8.21. The summed E-state index contributed by atoms with van der Waals surface area (Å²) in [5.74, 6) is 0. The maximum absolute atomic E-state index is 12.7. The molecule has 0 saturated carbocycles. The standard InChI is InChI=1S/C13H8ClIN2O2S/c14-12-7-9-6-10(15)8-16-13(9)17(12)20(18,19)11-4-2-1-3-5-11/h1-8H. The monoisotopic (exact) mass is 418 g/mol. The first-order chi connectivity index (χ1) is 9.50. The van der Waals surface area contributed by atoms with Gasteiger partial charge in [0.05, 0.1) is 4.90 Å². The van der Waals surface area contributed by atoms with Crippen molar-refractivity contribution in [3.05, 3.63) is 57.4 Å². The molecule has 2 heterocycles. The van der Waals surface area contributed by atoms with Gasteiger partial charge in [0.25, 0.3) is 10.0 Å². The number of fused-ring (bicyclic) bond motifs is 1. The predicted molar refractivity (Wildman–Crippen MR) is 86.5 cm³/mol. The van der Waals surface area contributed by atoms with Crippen LogP contribution < -0.4 is 0 Å². The Labute approximate surface area is 134 Å². The van der Waals surface area contributed by atoms with Gasteiger partial charge in [0.15, 0.2) is 5.65 Å². The van der Waals surface area contributed by atoms with E-state index in [4.69, 9.17) is 11.6 Å². The lowest BCUT2D eigenvalue weighted by Crippen LogP contribution is -2.13. The van der Waals surface area contributed by atoms with E-state index in [0.717, 1.165) is 7.54 Å². The van der Waals surface area contributed by atoms with E-state index in [9.17, 15) is 8.42 Å². The summed E-state index contributed by atoms with van der Waals surface area (Å²) in [7, 11) is -3.75. The molecule has 0 bridgehead atoms. The second kappa shape index (κ2) is 5.01. The normalized spacial score (nSPS) is 11.9. The molecule has 2 aromatic heterocycles. The number of benzene rings is 1. The second-order valence-corrected chi connectivity index (χ2v) is 7.54. The summed E-state index contributed by atoms with van der Waals surface area (Å²) in [6.45, 7) is 0. The van der Waals surface area contributed by atoms with Crippen molar-refractivity contribution in [3.63, 3.8) is 0 Å². The van der Waals surface area contributed by atoms with E-state index < -0.39 is 10.0 Å². The molecule has 0 radical (unpaired) electrons. The molecule has 0 fully saturated rings. The number of pyridine rings is 1. The van der Waals surface area contributed by atoms with Crippen molar-refractivity contribution >= 4 is 55.2 Å². The van der Waals surface area contributed by atoms with Crippen LogP contribution in [0.15, 0.2) is 53.6 Å². The number of aromatic nitrogens is 2. The molecule has 4 nitrogen and oxygen atoms in total. The van der Waals surface area contributed by atoms with E-state index in [2.05, 4.69) is 27.6 Å². The molecule has 0 amide bonds. The molecule has 20 heavy (non-hydrogen) atoms. The number of hydrogen-bond donors (Lipinski definition) is 0. The lowest BCUT2D eigenvalue weighted by molar-refractivity contribution is 0.589. The highest BCUT2D eigenvalue weighted by Gasteiger charge is 2.22. The van der Waals surface area contributed by atoms with Gasteiger partial charge in [-0.25, -0.2) is 17.4 Å². The summed E-state index contributed by atoms with van der Waals surface area (Å²) < 4.78 is 27.3. The summed E-state index contributed by atoms with van der Waals surface area (Å²) in [4.78, 5) is 4.37. The van der Waals surface area contributed by atoms with Gasteiger partial charge in [-0.2, -0.15) is 0 Å². The zero-order chi connectivity index (χ0) is 14.3. The van der Waals surface area contributed by atoms with Crippen LogP contribution in [0.4, 0.5) is 0 Å². The third kappa shape index (κ3) is 2.21. The smallest absolute Gasteiger partial charge is 0.236 e. The molecule has 7 heteroatoms. The first-order valence-corrected chi connectivity index (χ1v) is 8.53. The molecule has 0 aliphatic carbocycles. The van der Waals surface area contributed by atoms with Gasteiger partial charge in [-0.3, -0.25) is 0 Å². The van der Waals surface area contributed by atoms with Crippen LogP contribution in [-0.2, 0) is 10.0 Å². The molecule has 3 rings (SSSR count). The van der Waals surface area contributed by atoms with E-state index in [1.54, 1.807) is 30.5 Å². The maximum Gasteiger partial charge on any atom is 0.270 e. The molecule has 0 unspecified atom stereocenters. The van der Waals surface area contributed by atoms with E-state index in [1.807, 2.05) is 6.07 Å². The minimum Gasteiger partial charge on any atom is -0.236 e. The Morgan fingerprint density at radius 1 is 1.15 bits per heavy atom. The number of hydrogen-bond acceptors (Lipinski definition) is 3. The quantitative estimate of drug-likeness (QED) is 0.598. The average Bonchev–Trinajstić information content (AvgIpc) is 2.75. The molecule has 1 aromatic carbocycles. The fourth-order valence-corrected chi connectivity index (χ4v) is 4.26. The largest absolute Gasteiger partial charge is 0.270 e. The average molecular weight is 419 g/mol. The fraction of sp³-hybridized carbons (Fsp3) is 0. The number of halogens is 2. The van der Waals surface area contributed by atoms with Gasteiger partial charge in [0.1, 0.15) is 5.15 Å². The molecule has 3 aromatic rings. The number of rotatable bonds is 2. The first-order valence-electron chi connectivity index (χ1n) is 5.63. The highest BCUT2D eigenvalue weighted by Crippen LogP contribution is 2.28. The zero-order valence-electron chi connectivity index (χ0n) is 9.99.